The van der Waals surface area contributed by atoms with Gasteiger partial charge in [-0.3, -0.25) is 0 Å². The van der Waals surface area contributed by atoms with Gasteiger partial charge in [-0.15, -0.1) is 0 Å². The molecule has 0 saturated heterocycles. The van der Waals surface area contributed by atoms with Crippen LogP contribution in [0.5, 0.6) is 0 Å². The van der Waals surface area contributed by atoms with Crippen LogP contribution in [-0.2, 0) is 9.05 Å². The molecule has 104 valence electrons. The third kappa shape index (κ3) is 4.62. The molecule has 1 aliphatic rings. The van der Waals surface area contributed by atoms with E-state index in [9.17, 15) is 8.42 Å². The normalized spacial score (nSPS) is 18.0. The van der Waals surface area contributed by atoms with Crippen molar-refractivity contribution in [1.82, 2.24) is 0 Å². The third-order valence-electron chi connectivity index (χ3n) is 3.49. The Morgan fingerprint density at radius 2 is 1.89 bits per heavy atom. The number of rotatable bonds is 3. The molecule has 5 heteroatoms. The Morgan fingerprint density at radius 3 is 2.47 bits per heavy atom. The van der Waals surface area contributed by atoms with Gasteiger partial charge >= 0.3 is 0 Å². The lowest BCUT2D eigenvalue weighted by atomic mass is 9.84. The van der Waals surface area contributed by atoms with Crippen LogP contribution in [0.15, 0.2) is 28.1 Å². The molecule has 0 unspecified atom stereocenters. The first-order valence-electron chi connectivity index (χ1n) is 6.38. The van der Waals surface area contributed by atoms with Gasteiger partial charge in [0.25, 0.3) is 9.05 Å². The van der Waals surface area contributed by atoms with Crippen molar-refractivity contribution >= 4 is 41.7 Å². The van der Waals surface area contributed by atoms with E-state index in [1.807, 2.05) is 12.1 Å². The number of halogens is 2. The minimum absolute atomic E-state index is 0.623. The van der Waals surface area contributed by atoms with Gasteiger partial charge in [-0.25, -0.2) is 8.42 Å². The summed E-state index contributed by atoms with van der Waals surface area (Å²) in [4.78, 5) is 0. The maximum Gasteiger partial charge on any atom is 0.254 e. The molecule has 0 radical (unpaired) electrons. The highest BCUT2D eigenvalue weighted by atomic mass is 79.9. The molecule has 0 N–H and O–H groups in total. The standard InChI is InChI=1S/C14H16BrClO2S/c15-14-10-11(8-9-19(16,17)18)6-7-13(14)12-4-2-1-3-5-12/h6-10,12H,1-5H2. The Morgan fingerprint density at radius 1 is 1.21 bits per heavy atom. The van der Waals surface area contributed by atoms with Crippen LogP contribution in [-0.4, -0.2) is 8.42 Å². The first-order valence-corrected chi connectivity index (χ1v) is 9.54. The lowest BCUT2D eigenvalue weighted by molar-refractivity contribution is 0.442. The van der Waals surface area contributed by atoms with Crippen molar-refractivity contribution in [2.45, 2.75) is 38.0 Å². The molecule has 1 fully saturated rings. The van der Waals surface area contributed by atoms with Crippen molar-refractivity contribution in [1.29, 1.82) is 0 Å². The summed E-state index contributed by atoms with van der Waals surface area (Å²) in [6.07, 6.45) is 7.92. The molecule has 2 rings (SSSR count). The van der Waals surface area contributed by atoms with Gasteiger partial charge in [0, 0.05) is 20.6 Å². The highest BCUT2D eigenvalue weighted by molar-refractivity contribution is 9.10. The molecule has 1 aromatic carbocycles. The van der Waals surface area contributed by atoms with E-state index in [1.165, 1.54) is 43.7 Å². The van der Waals surface area contributed by atoms with E-state index in [4.69, 9.17) is 10.7 Å². The second-order valence-corrected chi connectivity index (χ2v) is 8.26. The van der Waals surface area contributed by atoms with Crippen LogP contribution in [0.3, 0.4) is 0 Å². The SMILES string of the molecule is O=S(=O)(Cl)C=Cc1ccc(C2CCCCC2)c(Br)c1. The van der Waals surface area contributed by atoms with Crippen molar-refractivity contribution in [3.63, 3.8) is 0 Å². The Labute approximate surface area is 127 Å². The average molecular weight is 364 g/mol. The Kier molecular flexibility index (Phi) is 5.09. The fraction of sp³-hybridized carbons (Fsp3) is 0.429. The fourth-order valence-corrected chi connectivity index (χ4v) is 3.75. The summed E-state index contributed by atoms with van der Waals surface area (Å²) in [5, 5.41) is 1.01. The van der Waals surface area contributed by atoms with Crippen LogP contribution >= 0.6 is 26.6 Å². The number of benzene rings is 1. The number of hydrogen-bond donors (Lipinski definition) is 0. The van der Waals surface area contributed by atoms with E-state index in [1.54, 1.807) is 0 Å². The highest BCUT2D eigenvalue weighted by Gasteiger charge is 2.17. The Balaban J connectivity index is 2.19. The molecule has 0 bridgehead atoms. The topological polar surface area (TPSA) is 34.1 Å². The molecular weight excluding hydrogens is 348 g/mol. The molecule has 1 aromatic rings. The van der Waals surface area contributed by atoms with Crippen molar-refractivity contribution in [2.24, 2.45) is 0 Å². The molecule has 1 saturated carbocycles. The first-order chi connectivity index (χ1) is 8.96. The molecular formula is C14H16BrClO2S. The van der Waals surface area contributed by atoms with Gasteiger partial charge in [0.15, 0.2) is 0 Å². The van der Waals surface area contributed by atoms with E-state index in [2.05, 4.69) is 22.0 Å². The summed E-state index contributed by atoms with van der Waals surface area (Å²) in [5.41, 5.74) is 2.15. The average Bonchev–Trinajstić information content (AvgIpc) is 2.37. The van der Waals surface area contributed by atoms with Crippen molar-refractivity contribution in [2.75, 3.05) is 0 Å². The molecule has 19 heavy (non-hydrogen) atoms. The number of hydrogen-bond acceptors (Lipinski definition) is 2. The van der Waals surface area contributed by atoms with Crippen molar-refractivity contribution < 1.29 is 8.42 Å². The van der Waals surface area contributed by atoms with Gasteiger partial charge in [0.05, 0.1) is 0 Å². The molecule has 2 nitrogen and oxygen atoms in total. The van der Waals surface area contributed by atoms with E-state index >= 15 is 0 Å². The monoisotopic (exact) mass is 362 g/mol. The highest BCUT2D eigenvalue weighted by Crippen LogP contribution is 2.36. The van der Waals surface area contributed by atoms with Gasteiger partial charge in [-0.05, 0) is 42.0 Å². The zero-order valence-electron chi connectivity index (χ0n) is 10.5. The van der Waals surface area contributed by atoms with Crippen molar-refractivity contribution in [3.8, 4) is 0 Å². The van der Waals surface area contributed by atoms with Crippen LogP contribution < -0.4 is 0 Å². The zero-order chi connectivity index (χ0) is 13.9. The van der Waals surface area contributed by atoms with Gasteiger partial charge < -0.3 is 0 Å². The quantitative estimate of drug-likeness (QED) is 0.705. The Hall–Kier alpha value is -0.320. The van der Waals surface area contributed by atoms with E-state index in [-0.39, 0.29) is 0 Å². The predicted octanol–water partition coefficient (Wildman–Crippen LogP) is 5.04. The summed E-state index contributed by atoms with van der Waals surface area (Å²) in [6.45, 7) is 0. The molecule has 0 aromatic heterocycles. The summed E-state index contributed by atoms with van der Waals surface area (Å²) < 4.78 is 22.8. The van der Waals surface area contributed by atoms with E-state index in [0.717, 1.165) is 15.4 Å². The minimum atomic E-state index is -3.59. The van der Waals surface area contributed by atoms with Gasteiger partial charge in [0.2, 0.25) is 0 Å². The second kappa shape index (κ2) is 6.42. The van der Waals surface area contributed by atoms with Crippen LogP contribution in [0.2, 0.25) is 0 Å². The van der Waals surface area contributed by atoms with Gasteiger partial charge in [-0.2, -0.15) is 0 Å². The van der Waals surface area contributed by atoms with Crippen LogP contribution in [0.4, 0.5) is 0 Å². The maximum absolute atomic E-state index is 10.9. The largest absolute Gasteiger partial charge is 0.254 e. The van der Waals surface area contributed by atoms with Crippen LogP contribution in [0.1, 0.15) is 49.1 Å². The fourth-order valence-electron chi connectivity index (χ4n) is 2.55. The Bertz CT molecular complexity index is 575. The lowest BCUT2D eigenvalue weighted by Gasteiger charge is -2.23. The first kappa shape index (κ1) is 15.1. The predicted molar refractivity (Wildman–Crippen MR) is 83.8 cm³/mol. The summed E-state index contributed by atoms with van der Waals surface area (Å²) in [7, 11) is 1.56. The molecule has 1 aliphatic carbocycles. The van der Waals surface area contributed by atoms with Crippen LogP contribution in [0.25, 0.3) is 6.08 Å². The van der Waals surface area contributed by atoms with Gasteiger partial charge in [-0.1, -0.05) is 47.3 Å². The van der Waals surface area contributed by atoms with Gasteiger partial charge in [0.1, 0.15) is 0 Å². The van der Waals surface area contributed by atoms with E-state index in [0.29, 0.717) is 5.92 Å². The summed E-state index contributed by atoms with van der Waals surface area (Å²) in [5.74, 6) is 0.623. The molecule has 0 heterocycles. The zero-order valence-corrected chi connectivity index (χ0v) is 13.6. The van der Waals surface area contributed by atoms with Crippen LogP contribution in [0, 0.1) is 0 Å². The summed E-state index contributed by atoms with van der Waals surface area (Å²) in [6, 6.07) is 5.97. The maximum atomic E-state index is 10.9. The lowest BCUT2D eigenvalue weighted by Crippen LogP contribution is -2.05. The molecule has 0 atom stereocenters. The summed E-state index contributed by atoms with van der Waals surface area (Å²) >= 11 is 3.59. The third-order valence-corrected chi connectivity index (χ3v) is 4.95. The second-order valence-electron chi connectivity index (χ2n) is 4.89. The minimum Gasteiger partial charge on any atom is -0.208 e. The molecule has 0 spiro atoms. The molecule has 0 amide bonds. The molecule has 0 aliphatic heterocycles. The van der Waals surface area contributed by atoms with Crippen molar-refractivity contribution in [3.05, 3.63) is 39.2 Å². The van der Waals surface area contributed by atoms with E-state index < -0.39 is 9.05 Å². The smallest absolute Gasteiger partial charge is 0.208 e.